The van der Waals surface area contributed by atoms with Gasteiger partial charge in [-0.3, -0.25) is 0 Å². The van der Waals surface area contributed by atoms with E-state index < -0.39 is 5.97 Å². The molecule has 112 valence electrons. The van der Waals surface area contributed by atoms with Crippen LogP contribution in [0.15, 0.2) is 6.07 Å². The van der Waals surface area contributed by atoms with Crippen molar-refractivity contribution in [1.82, 2.24) is 15.0 Å². The van der Waals surface area contributed by atoms with Gasteiger partial charge in [0.05, 0.1) is 12.1 Å². The molecule has 0 fully saturated rings. The van der Waals surface area contributed by atoms with Gasteiger partial charge in [0.1, 0.15) is 11.0 Å². The molecule has 0 radical (unpaired) electrons. The van der Waals surface area contributed by atoms with E-state index in [2.05, 4.69) is 19.7 Å². The van der Waals surface area contributed by atoms with E-state index in [0.29, 0.717) is 29.9 Å². The predicted octanol–water partition coefficient (Wildman–Crippen LogP) is 2.96. The highest BCUT2D eigenvalue weighted by atomic mass is 35.5. The van der Waals surface area contributed by atoms with Crippen molar-refractivity contribution in [1.29, 1.82) is 0 Å². The molecule has 8 heteroatoms. The lowest BCUT2D eigenvalue weighted by Gasteiger charge is -2.21. The Morgan fingerprint density at radius 2 is 1.86 bits per heavy atom. The normalized spacial score (nSPS) is 10.7. The SMILES string of the molecule is CCN(CC)c1nc(Cl)nc2c(Cl)cc(C(=O)OC)nc12. The average Bonchev–Trinajstić information content (AvgIpc) is 2.48. The summed E-state index contributed by atoms with van der Waals surface area (Å²) in [5, 5.41) is 0.358. The highest BCUT2D eigenvalue weighted by Crippen LogP contribution is 2.29. The van der Waals surface area contributed by atoms with Crippen molar-refractivity contribution >= 4 is 46.0 Å². The van der Waals surface area contributed by atoms with Crippen LogP contribution >= 0.6 is 23.2 Å². The van der Waals surface area contributed by atoms with E-state index in [1.165, 1.54) is 13.2 Å². The summed E-state index contributed by atoms with van der Waals surface area (Å²) in [5.74, 6) is -0.0260. The van der Waals surface area contributed by atoms with Crippen molar-refractivity contribution in [2.75, 3.05) is 25.1 Å². The van der Waals surface area contributed by atoms with Crippen LogP contribution in [0.2, 0.25) is 10.3 Å². The Kier molecular flexibility index (Phi) is 4.80. The molecule has 0 aliphatic rings. The number of ether oxygens (including phenoxy) is 1. The molecule has 0 bridgehead atoms. The van der Waals surface area contributed by atoms with Gasteiger partial charge in [0, 0.05) is 13.1 Å². The van der Waals surface area contributed by atoms with E-state index in [4.69, 9.17) is 23.2 Å². The lowest BCUT2D eigenvalue weighted by Crippen LogP contribution is -2.24. The standard InChI is InChI=1S/C13H14Cl2N4O2/c1-4-19(5-2)11-10-9(17-13(15)18-11)7(14)6-8(16-10)12(20)21-3/h6H,4-5H2,1-3H3. The second-order valence-electron chi connectivity index (χ2n) is 4.17. The number of hydrogen-bond donors (Lipinski definition) is 0. The molecule has 6 nitrogen and oxygen atoms in total. The second kappa shape index (κ2) is 6.41. The van der Waals surface area contributed by atoms with E-state index in [1.54, 1.807) is 0 Å². The van der Waals surface area contributed by atoms with Crippen LogP contribution in [0.4, 0.5) is 5.82 Å². The largest absolute Gasteiger partial charge is 0.464 e. The molecule has 0 unspecified atom stereocenters. The Bertz CT molecular complexity index is 689. The third-order valence-corrected chi connectivity index (χ3v) is 3.47. The quantitative estimate of drug-likeness (QED) is 0.634. The number of anilines is 1. The fraction of sp³-hybridized carbons (Fsp3) is 0.385. The Balaban J connectivity index is 2.78. The minimum atomic E-state index is -0.570. The van der Waals surface area contributed by atoms with Crippen LogP contribution < -0.4 is 4.90 Å². The summed E-state index contributed by atoms with van der Waals surface area (Å²) in [5.41, 5.74) is 0.941. The minimum Gasteiger partial charge on any atom is -0.464 e. The number of aromatic nitrogens is 3. The second-order valence-corrected chi connectivity index (χ2v) is 4.91. The van der Waals surface area contributed by atoms with Gasteiger partial charge in [-0.25, -0.2) is 14.8 Å². The molecular weight excluding hydrogens is 315 g/mol. The Hall–Kier alpha value is -1.66. The van der Waals surface area contributed by atoms with Gasteiger partial charge < -0.3 is 9.64 Å². The molecule has 2 aromatic heterocycles. The van der Waals surface area contributed by atoms with Gasteiger partial charge in [-0.15, -0.1) is 0 Å². The zero-order valence-electron chi connectivity index (χ0n) is 11.9. The van der Waals surface area contributed by atoms with Crippen LogP contribution in [-0.4, -0.2) is 41.1 Å². The summed E-state index contributed by atoms with van der Waals surface area (Å²) >= 11 is 12.1. The number of fused-ring (bicyclic) bond motifs is 1. The highest BCUT2D eigenvalue weighted by Gasteiger charge is 2.19. The predicted molar refractivity (Wildman–Crippen MR) is 82.3 cm³/mol. The molecule has 0 aromatic carbocycles. The Morgan fingerprint density at radius 3 is 2.43 bits per heavy atom. The van der Waals surface area contributed by atoms with Crippen LogP contribution in [0.1, 0.15) is 24.3 Å². The van der Waals surface area contributed by atoms with E-state index in [1.807, 2.05) is 18.7 Å². The fourth-order valence-corrected chi connectivity index (χ4v) is 2.38. The van der Waals surface area contributed by atoms with Gasteiger partial charge in [0.25, 0.3) is 0 Å². The summed E-state index contributed by atoms with van der Waals surface area (Å²) < 4.78 is 4.68. The lowest BCUT2D eigenvalue weighted by atomic mass is 10.2. The third kappa shape index (κ3) is 3.01. The van der Waals surface area contributed by atoms with E-state index in [0.717, 1.165) is 0 Å². The van der Waals surface area contributed by atoms with Crippen molar-refractivity contribution in [3.05, 3.63) is 22.1 Å². The molecule has 0 spiro atoms. The maximum atomic E-state index is 11.7. The number of hydrogen-bond acceptors (Lipinski definition) is 6. The number of pyridine rings is 1. The summed E-state index contributed by atoms with van der Waals surface area (Å²) in [6.45, 7) is 5.38. The van der Waals surface area contributed by atoms with Gasteiger partial charge in [-0.05, 0) is 31.5 Å². The monoisotopic (exact) mass is 328 g/mol. The maximum Gasteiger partial charge on any atom is 0.356 e. The number of nitrogens with zero attached hydrogens (tertiary/aromatic N) is 4. The van der Waals surface area contributed by atoms with Gasteiger partial charge in [0.15, 0.2) is 11.5 Å². The maximum absolute atomic E-state index is 11.7. The highest BCUT2D eigenvalue weighted by molar-refractivity contribution is 6.36. The lowest BCUT2D eigenvalue weighted by molar-refractivity contribution is 0.0594. The van der Waals surface area contributed by atoms with Crippen molar-refractivity contribution in [2.45, 2.75) is 13.8 Å². The number of halogens is 2. The molecule has 0 saturated carbocycles. The van der Waals surface area contributed by atoms with Gasteiger partial charge in [0.2, 0.25) is 5.28 Å². The first-order valence-electron chi connectivity index (χ1n) is 6.38. The molecule has 21 heavy (non-hydrogen) atoms. The number of carbonyl (C=O) groups excluding carboxylic acids is 1. The number of rotatable bonds is 4. The van der Waals surface area contributed by atoms with Crippen molar-refractivity contribution < 1.29 is 9.53 Å². The Morgan fingerprint density at radius 1 is 1.19 bits per heavy atom. The zero-order valence-corrected chi connectivity index (χ0v) is 13.4. The van der Waals surface area contributed by atoms with E-state index >= 15 is 0 Å². The summed E-state index contributed by atoms with van der Waals surface area (Å²) in [6, 6.07) is 1.41. The van der Waals surface area contributed by atoms with Crippen molar-refractivity contribution in [3.8, 4) is 0 Å². The molecule has 0 saturated heterocycles. The number of methoxy groups -OCH3 is 1. The first-order chi connectivity index (χ1) is 10.0. The van der Waals surface area contributed by atoms with E-state index in [9.17, 15) is 4.79 Å². The molecule has 0 amide bonds. The first kappa shape index (κ1) is 15.7. The van der Waals surface area contributed by atoms with Gasteiger partial charge >= 0.3 is 5.97 Å². The van der Waals surface area contributed by atoms with Crippen LogP contribution in [0.3, 0.4) is 0 Å². The molecule has 0 atom stereocenters. The van der Waals surface area contributed by atoms with E-state index in [-0.39, 0.29) is 16.0 Å². The molecular formula is C13H14Cl2N4O2. The molecule has 0 N–H and O–H groups in total. The smallest absolute Gasteiger partial charge is 0.356 e. The molecule has 0 aliphatic carbocycles. The number of esters is 1. The fourth-order valence-electron chi connectivity index (χ4n) is 1.98. The summed E-state index contributed by atoms with van der Waals surface area (Å²) in [6.07, 6.45) is 0. The van der Waals surface area contributed by atoms with Gasteiger partial charge in [-0.2, -0.15) is 4.98 Å². The van der Waals surface area contributed by atoms with Gasteiger partial charge in [-0.1, -0.05) is 11.6 Å². The number of carbonyl (C=O) groups is 1. The first-order valence-corrected chi connectivity index (χ1v) is 7.14. The molecule has 2 rings (SSSR count). The average molecular weight is 329 g/mol. The topological polar surface area (TPSA) is 68.2 Å². The van der Waals surface area contributed by atoms with Crippen molar-refractivity contribution in [2.24, 2.45) is 0 Å². The summed E-state index contributed by atoms with van der Waals surface area (Å²) in [4.78, 5) is 26.2. The van der Waals surface area contributed by atoms with Crippen LogP contribution in [-0.2, 0) is 4.74 Å². The molecule has 0 aliphatic heterocycles. The minimum absolute atomic E-state index is 0.0823. The molecule has 2 aromatic rings. The zero-order chi connectivity index (χ0) is 15.6. The third-order valence-electron chi connectivity index (χ3n) is 3.02. The van der Waals surface area contributed by atoms with Crippen LogP contribution in [0, 0.1) is 0 Å². The van der Waals surface area contributed by atoms with Crippen LogP contribution in [0.5, 0.6) is 0 Å². The van der Waals surface area contributed by atoms with Crippen LogP contribution in [0.25, 0.3) is 11.0 Å². The summed E-state index contributed by atoms with van der Waals surface area (Å²) in [7, 11) is 1.28. The molecule has 2 heterocycles. The van der Waals surface area contributed by atoms with Crippen molar-refractivity contribution in [3.63, 3.8) is 0 Å². The Labute approximate surface area is 132 Å².